The molecule has 0 radical (unpaired) electrons. The summed E-state index contributed by atoms with van der Waals surface area (Å²) < 4.78 is 0. The molecule has 1 aromatic rings. The fourth-order valence-corrected chi connectivity index (χ4v) is 2.39. The van der Waals surface area contributed by atoms with Crippen LogP contribution in [-0.2, 0) is 11.2 Å². The fourth-order valence-electron chi connectivity index (χ4n) is 2.39. The van der Waals surface area contributed by atoms with Crippen LogP contribution in [0.2, 0.25) is 0 Å². The van der Waals surface area contributed by atoms with Crippen LogP contribution in [0.5, 0.6) is 0 Å². The summed E-state index contributed by atoms with van der Waals surface area (Å²) in [7, 11) is 0. The highest BCUT2D eigenvalue weighted by Crippen LogP contribution is 2.19. The SMILES string of the molecule is CCCCC(NC(C)CCc1ccccc1[N+](=O)[O-])C(=O)O. The van der Waals surface area contributed by atoms with Crippen molar-refractivity contribution in [1.82, 2.24) is 5.32 Å². The third-order valence-corrected chi connectivity index (χ3v) is 3.67. The van der Waals surface area contributed by atoms with Gasteiger partial charge in [0.05, 0.1) is 4.92 Å². The quantitative estimate of drug-likeness (QED) is 0.511. The molecule has 0 bridgehead atoms. The predicted octanol–water partition coefficient (Wildman–Crippen LogP) is 3.15. The van der Waals surface area contributed by atoms with Crippen LogP contribution >= 0.6 is 0 Å². The Labute approximate surface area is 130 Å². The maximum atomic E-state index is 11.2. The van der Waals surface area contributed by atoms with Crippen LogP contribution < -0.4 is 5.32 Å². The average Bonchev–Trinajstić information content (AvgIpc) is 2.49. The van der Waals surface area contributed by atoms with Crippen LogP contribution in [0.4, 0.5) is 5.69 Å². The van der Waals surface area contributed by atoms with Crippen LogP contribution in [-0.4, -0.2) is 28.1 Å². The van der Waals surface area contributed by atoms with Gasteiger partial charge >= 0.3 is 5.97 Å². The number of aliphatic carboxylic acids is 1. The molecule has 1 rings (SSSR count). The topological polar surface area (TPSA) is 92.5 Å². The van der Waals surface area contributed by atoms with Crippen LogP contribution in [0.25, 0.3) is 0 Å². The molecule has 0 fully saturated rings. The maximum absolute atomic E-state index is 11.2. The largest absolute Gasteiger partial charge is 0.480 e. The lowest BCUT2D eigenvalue weighted by Gasteiger charge is -2.20. The van der Waals surface area contributed by atoms with E-state index < -0.39 is 12.0 Å². The van der Waals surface area contributed by atoms with Crippen LogP contribution in [0, 0.1) is 10.1 Å². The van der Waals surface area contributed by atoms with Gasteiger partial charge in [0.1, 0.15) is 6.04 Å². The minimum atomic E-state index is -0.842. The van der Waals surface area contributed by atoms with E-state index in [1.54, 1.807) is 18.2 Å². The Bertz CT molecular complexity index is 505. The molecule has 0 amide bonds. The van der Waals surface area contributed by atoms with Gasteiger partial charge in [-0.2, -0.15) is 0 Å². The highest BCUT2D eigenvalue weighted by molar-refractivity contribution is 5.73. The standard InChI is InChI=1S/C16H24N2O4/c1-3-4-8-14(16(19)20)17-12(2)10-11-13-7-5-6-9-15(13)18(21)22/h5-7,9,12,14,17H,3-4,8,10-11H2,1-2H3,(H,19,20). The molecule has 2 atom stereocenters. The minimum Gasteiger partial charge on any atom is -0.480 e. The molecule has 0 aliphatic heterocycles. The lowest BCUT2D eigenvalue weighted by molar-refractivity contribution is -0.385. The van der Waals surface area contributed by atoms with Gasteiger partial charge < -0.3 is 10.4 Å². The van der Waals surface area contributed by atoms with E-state index in [0.29, 0.717) is 24.8 Å². The van der Waals surface area contributed by atoms with Gasteiger partial charge in [-0.1, -0.05) is 38.0 Å². The summed E-state index contributed by atoms with van der Waals surface area (Å²) in [6, 6.07) is 6.10. The lowest BCUT2D eigenvalue weighted by atomic mass is 10.0. The number of carbonyl (C=O) groups is 1. The Morgan fingerprint density at radius 2 is 2.05 bits per heavy atom. The molecule has 2 N–H and O–H groups in total. The zero-order valence-electron chi connectivity index (χ0n) is 13.1. The maximum Gasteiger partial charge on any atom is 0.320 e. The normalized spacial score (nSPS) is 13.5. The van der Waals surface area contributed by atoms with Crippen molar-refractivity contribution in [2.75, 3.05) is 0 Å². The fraction of sp³-hybridized carbons (Fsp3) is 0.562. The molecule has 2 unspecified atom stereocenters. The average molecular weight is 308 g/mol. The number of unbranched alkanes of at least 4 members (excludes halogenated alkanes) is 1. The van der Waals surface area contributed by atoms with Gasteiger partial charge in [-0.3, -0.25) is 14.9 Å². The molecular weight excluding hydrogens is 284 g/mol. The molecule has 0 heterocycles. The van der Waals surface area contributed by atoms with E-state index in [-0.39, 0.29) is 16.7 Å². The summed E-state index contributed by atoms with van der Waals surface area (Å²) in [5.74, 6) is -0.842. The highest BCUT2D eigenvalue weighted by Gasteiger charge is 2.19. The van der Waals surface area contributed by atoms with Crippen LogP contribution in [0.3, 0.4) is 0 Å². The zero-order chi connectivity index (χ0) is 16.5. The Kier molecular flexibility index (Phi) is 7.52. The molecule has 0 aromatic heterocycles. The summed E-state index contributed by atoms with van der Waals surface area (Å²) in [6.45, 7) is 3.94. The second-order valence-electron chi connectivity index (χ2n) is 5.53. The van der Waals surface area contributed by atoms with Gasteiger partial charge in [-0.05, 0) is 26.2 Å². The second kappa shape index (κ2) is 9.15. The molecule has 122 valence electrons. The molecule has 22 heavy (non-hydrogen) atoms. The van der Waals surface area contributed by atoms with E-state index in [1.165, 1.54) is 6.07 Å². The number of para-hydroxylation sites is 1. The molecule has 0 aliphatic carbocycles. The first kappa shape index (κ1) is 18.1. The summed E-state index contributed by atoms with van der Waals surface area (Å²) >= 11 is 0. The summed E-state index contributed by atoms with van der Waals surface area (Å²) in [6.07, 6.45) is 3.62. The number of carboxylic acids is 1. The van der Waals surface area contributed by atoms with E-state index in [0.717, 1.165) is 12.8 Å². The number of hydrogen-bond acceptors (Lipinski definition) is 4. The van der Waals surface area contributed by atoms with Gasteiger partial charge in [0.2, 0.25) is 0 Å². The first-order chi connectivity index (χ1) is 10.5. The van der Waals surface area contributed by atoms with Crippen molar-refractivity contribution in [1.29, 1.82) is 0 Å². The van der Waals surface area contributed by atoms with E-state index >= 15 is 0 Å². The first-order valence-corrected chi connectivity index (χ1v) is 7.66. The second-order valence-corrected chi connectivity index (χ2v) is 5.53. The van der Waals surface area contributed by atoms with Crippen molar-refractivity contribution in [3.05, 3.63) is 39.9 Å². The van der Waals surface area contributed by atoms with Crippen LogP contribution in [0.15, 0.2) is 24.3 Å². The number of aryl methyl sites for hydroxylation is 1. The van der Waals surface area contributed by atoms with Crippen molar-refractivity contribution >= 4 is 11.7 Å². The van der Waals surface area contributed by atoms with Crippen molar-refractivity contribution in [2.24, 2.45) is 0 Å². The number of nitrogens with one attached hydrogen (secondary N) is 1. The predicted molar refractivity (Wildman–Crippen MR) is 85.0 cm³/mol. The van der Waals surface area contributed by atoms with Gasteiger partial charge in [-0.25, -0.2) is 0 Å². The summed E-state index contributed by atoms with van der Waals surface area (Å²) in [5.41, 5.74) is 0.803. The number of carboxylic acid groups (broad SMARTS) is 1. The van der Waals surface area contributed by atoms with E-state index in [4.69, 9.17) is 0 Å². The molecule has 0 saturated carbocycles. The van der Waals surface area contributed by atoms with E-state index in [2.05, 4.69) is 5.32 Å². The molecule has 1 aromatic carbocycles. The lowest BCUT2D eigenvalue weighted by Crippen LogP contribution is -2.42. The number of benzene rings is 1. The number of nitro groups is 1. The third-order valence-electron chi connectivity index (χ3n) is 3.67. The third kappa shape index (κ3) is 5.81. The van der Waals surface area contributed by atoms with Crippen molar-refractivity contribution in [3.63, 3.8) is 0 Å². The van der Waals surface area contributed by atoms with Crippen molar-refractivity contribution in [3.8, 4) is 0 Å². The molecular formula is C16H24N2O4. The zero-order valence-corrected chi connectivity index (χ0v) is 13.1. The molecule has 6 heteroatoms. The number of nitro benzene ring substituents is 1. The minimum absolute atomic E-state index is 0.0160. The van der Waals surface area contributed by atoms with Gasteiger partial charge in [0.15, 0.2) is 0 Å². The van der Waals surface area contributed by atoms with Crippen molar-refractivity contribution < 1.29 is 14.8 Å². The monoisotopic (exact) mass is 308 g/mol. The van der Waals surface area contributed by atoms with E-state index in [9.17, 15) is 20.0 Å². The number of nitrogens with zero attached hydrogens (tertiary/aromatic N) is 1. The van der Waals surface area contributed by atoms with Crippen LogP contribution in [0.1, 0.15) is 45.1 Å². The molecule has 6 nitrogen and oxygen atoms in total. The molecule has 0 aliphatic rings. The smallest absolute Gasteiger partial charge is 0.320 e. The Morgan fingerprint density at radius 1 is 1.36 bits per heavy atom. The Hall–Kier alpha value is -1.95. The number of hydrogen-bond donors (Lipinski definition) is 2. The van der Waals surface area contributed by atoms with Gasteiger partial charge in [0, 0.05) is 17.7 Å². The number of rotatable bonds is 10. The molecule has 0 saturated heterocycles. The summed E-state index contributed by atoms with van der Waals surface area (Å²) in [4.78, 5) is 21.8. The van der Waals surface area contributed by atoms with E-state index in [1.807, 2.05) is 13.8 Å². The highest BCUT2D eigenvalue weighted by atomic mass is 16.6. The van der Waals surface area contributed by atoms with Crippen molar-refractivity contribution in [2.45, 2.75) is 58.0 Å². The van der Waals surface area contributed by atoms with Gasteiger partial charge in [0.25, 0.3) is 5.69 Å². The Morgan fingerprint density at radius 3 is 2.64 bits per heavy atom. The summed E-state index contributed by atoms with van der Waals surface area (Å²) in [5, 5.41) is 23.3. The van der Waals surface area contributed by atoms with Gasteiger partial charge in [-0.15, -0.1) is 0 Å². The molecule has 0 spiro atoms. The Balaban J connectivity index is 2.56. The first-order valence-electron chi connectivity index (χ1n) is 7.66.